The number of para-hydroxylation sites is 1. The molecule has 3 aromatic rings. The fourth-order valence-electron chi connectivity index (χ4n) is 3.15. The number of hydrogen-bond donors (Lipinski definition) is 1. The van der Waals surface area contributed by atoms with E-state index in [2.05, 4.69) is 15.5 Å². The zero-order valence-electron chi connectivity index (χ0n) is 15.2. The molecule has 0 saturated heterocycles. The highest BCUT2D eigenvalue weighted by atomic mass is 16.2. The molecule has 1 aliphatic heterocycles. The summed E-state index contributed by atoms with van der Waals surface area (Å²) in [4.78, 5) is 35.4. The van der Waals surface area contributed by atoms with E-state index >= 15 is 0 Å². The van der Waals surface area contributed by atoms with Gasteiger partial charge in [-0.1, -0.05) is 54.6 Å². The fourth-order valence-corrected chi connectivity index (χ4v) is 3.15. The van der Waals surface area contributed by atoms with Crippen molar-refractivity contribution in [2.45, 2.75) is 0 Å². The average Bonchev–Trinajstić information content (AvgIpc) is 3.24. The van der Waals surface area contributed by atoms with E-state index < -0.39 is 0 Å². The predicted molar refractivity (Wildman–Crippen MR) is 108 cm³/mol. The van der Waals surface area contributed by atoms with Crippen LogP contribution in [0.25, 0.3) is 0 Å². The van der Waals surface area contributed by atoms with Crippen LogP contribution in [0.4, 0.5) is 11.4 Å². The second kappa shape index (κ2) is 7.82. The largest absolute Gasteiger partial charge is 0.355 e. The Hall–Kier alpha value is -4.19. The van der Waals surface area contributed by atoms with Gasteiger partial charge in [0.25, 0.3) is 5.91 Å². The van der Waals surface area contributed by atoms with Gasteiger partial charge < -0.3 is 5.32 Å². The highest BCUT2D eigenvalue weighted by Crippen LogP contribution is 2.33. The minimum Gasteiger partial charge on any atom is -0.355 e. The van der Waals surface area contributed by atoms with Gasteiger partial charge in [0.2, 0.25) is 0 Å². The van der Waals surface area contributed by atoms with E-state index in [9.17, 15) is 14.4 Å². The van der Waals surface area contributed by atoms with Gasteiger partial charge in [0.1, 0.15) is 0 Å². The lowest BCUT2D eigenvalue weighted by Crippen LogP contribution is -2.21. The Morgan fingerprint density at radius 2 is 1.31 bits per heavy atom. The van der Waals surface area contributed by atoms with Crippen molar-refractivity contribution in [3.63, 3.8) is 0 Å². The van der Waals surface area contributed by atoms with Crippen molar-refractivity contribution in [2.75, 3.05) is 5.32 Å². The van der Waals surface area contributed by atoms with Crippen molar-refractivity contribution < 1.29 is 14.4 Å². The first kappa shape index (κ1) is 18.2. The Labute approximate surface area is 166 Å². The second-order valence-electron chi connectivity index (χ2n) is 6.29. The van der Waals surface area contributed by atoms with Crippen LogP contribution in [0, 0.1) is 0 Å². The first-order chi connectivity index (χ1) is 14.1. The van der Waals surface area contributed by atoms with Gasteiger partial charge in [0, 0.05) is 28.5 Å². The standard InChI is InChI=1S/C20H13NO2.C3H2N2O/c22-19-14-9-4-5-10-15(14)20(23)18-16(19)11-6-12-17(18)21-13-7-2-1-3-8-13;6-3-1-2-4-5-3/h1-12,21H;1-2H. The van der Waals surface area contributed by atoms with Gasteiger partial charge in [-0.05, 0) is 18.2 Å². The predicted octanol–water partition coefficient (Wildman–Crippen LogP) is 4.70. The Morgan fingerprint density at radius 3 is 1.93 bits per heavy atom. The molecule has 5 rings (SSSR count). The van der Waals surface area contributed by atoms with Crippen LogP contribution in [0.2, 0.25) is 0 Å². The van der Waals surface area contributed by atoms with Crippen LogP contribution in [0.5, 0.6) is 0 Å². The van der Waals surface area contributed by atoms with Crippen molar-refractivity contribution in [3.8, 4) is 0 Å². The molecular formula is C23H15N3O3. The molecule has 2 aliphatic rings. The van der Waals surface area contributed by atoms with Crippen LogP contribution in [0.15, 0.2) is 95.3 Å². The van der Waals surface area contributed by atoms with E-state index in [1.54, 1.807) is 36.4 Å². The van der Waals surface area contributed by atoms with E-state index in [1.165, 1.54) is 12.3 Å². The van der Waals surface area contributed by atoms with Gasteiger partial charge in [-0.3, -0.25) is 14.4 Å². The van der Waals surface area contributed by atoms with E-state index in [-0.39, 0.29) is 17.5 Å². The van der Waals surface area contributed by atoms with Gasteiger partial charge in [-0.15, -0.1) is 5.11 Å². The third kappa shape index (κ3) is 3.64. The molecule has 0 aromatic heterocycles. The molecule has 0 spiro atoms. The number of benzene rings is 3. The normalized spacial score (nSPS) is 13.4. The minimum absolute atomic E-state index is 0.105. The SMILES string of the molecule is O=C1C=CN=N1.O=C1c2ccccc2C(=O)c2c(Nc3ccccc3)cccc21. The number of ketones is 2. The number of carbonyl (C=O) groups is 3. The molecule has 0 atom stereocenters. The summed E-state index contributed by atoms with van der Waals surface area (Å²) in [6.07, 6.45) is 2.67. The van der Waals surface area contributed by atoms with Crippen molar-refractivity contribution in [1.29, 1.82) is 0 Å². The lowest BCUT2D eigenvalue weighted by atomic mass is 9.83. The van der Waals surface area contributed by atoms with Crippen molar-refractivity contribution in [1.82, 2.24) is 0 Å². The molecule has 0 bridgehead atoms. The van der Waals surface area contributed by atoms with Crippen molar-refractivity contribution >= 4 is 28.8 Å². The number of rotatable bonds is 2. The van der Waals surface area contributed by atoms with Crippen LogP contribution in [0.3, 0.4) is 0 Å². The van der Waals surface area contributed by atoms with E-state index in [0.717, 1.165) is 5.69 Å². The summed E-state index contributed by atoms with van der Waals surface area (Å²) in [5.41, 5.74) is 3.37. The lowest BCUT2D eigenvalue weighted by molar-refractivity contribution is -0.113. The third-order valence-corrected chi connectivity index (χ3v) is 4.45. The first-order valence-corrected chi connectivity index (χ1v) is 8.90. The minimum atomic E-state index is -0.269. The van der Waals surface area contributed by atoms with Crippen molar-refractivity contribution in [2.24, 2.45) is 10.2 Å². The summed E-state index contributed by atoms with van der Waals surface area (Å²) in [5.74, 6) is -0.490. The second-order valence-corrected chi connectivity index (χ2v) is 6.29. The van der Waals surface area contributed by atoms with Crippen LogP contribution in [-0.4, -0.2) is 17.5 Å². The van der Waals surface area contributed by atoms with Gasteiger partial charge in [-0.25, -0.2) is 0 Å². The zero-order chi connectivity index (χ0) is 20.2. The number of nitrogens with zero attached hydrogens (tertiary/aromatic N) is 2. The zero-order valence-corrected chi connectivity index (χ0v) is 15.2. The fraction of sp³-hybridized carbons (Fsp3) is 0. The number of carbonyl (C=O) groups excluding carboxylic acids is 3. The maximum atomic E-state index is 12.9. The molecule has 1 N–H and O–H groups in total. The van der Waals surface area contributed by atoms with Crippen molar-refractivity contribution in [3.05, 3.63) is 107 Å². The third-order valence-electron chi connectivity index (χ3n) is 4.45. The molecular weight excluding hydrogens is 366 g/mol. The monoisotopic (exact) mass is 381 g/mol. The number of azo groups is 1. The molecule has 6 heteroatoms. The molecule has 29 heavy (non-hydrogen) atoms. The van der Waals surface area contributed by atoms with Crippen LogP contribution >= 0.6 is 0 Å². The molecule has 0 unspecified atom stereocenters. The highest BCUT2D eigenvalue weighted by Gasteiger charge is 2.31. The Bertz CT molecular complexity index is 1170. The summed E-state index contributed by atoms with van der Waals surface area (Å²) < 4.78 is 0. The summed E-state index contributed by atoms with van der Waals surface area (Å²) in [6, 6.07) is 21.9. The molecule has 0 saturated carbocycles. The number of hydrogen-bond acceptors (Lipinski definition) is 5. The summed E-state index contributed by atoms with van der Waals surface area (Å²) >= 11 is 0. The van der Waals surface area contributed by atoms with Gasteiger partial charge >= 0.3 is 0 Å². The average molecular weight is 381 g/mol. The number of nitrogens with one attached hydrogen (secondary N) is 1. The number of fused-ring (bicyclic) bond motifs is 2. The molecule has 0 fully saturated rings. The first-order valence-electron chi connectivity index (χ1n) is 8.90. The Kier molecular flexibility index (Phi) is 4.90. The number of amides is 1. The van der Waals surface area contributed by atoms with Crippen LogP contribution < -0.4 is 5.32 Å². The Morgan fingerprint density at radius 1 is 0.655 bits per heavy atom. The maximum Gasteiger partial charge on any atom is 0.289 e. The van der Waals surface area contributed by atoms with E-state index in [0.29, 0.717) is 27.9 Å². The quantitative estimate of drug-likeness (QED) is 0.545. The van der Waals surface area contributed by atoms with Crippen LogP contribution in [-0.2, 0) is 4.79 Å². The van der Waals surface area contributed by atoms with Crippen LogP contribution in [0.1, 0.15) is 31.8 Å². The molecule has 1 amide bonds. The summed E-state index contributed by atoms with van der Waals surface area (Å²) in [7, 11) is 0. The number of anilines is 2. The molecule has 140 valence electrons. The molecule has 1 heterocycles. The van der Waals surface area contributed by atoms with E-state index in [1.807, 2.05) is 36.4 Å². The summed E-state index contributed by atoms with van der Waals surface area (Å²) in [6.45, 7) is 0. The molecule has 1 aliphatic carbocycles. The summed E-state index contributed by atoms with van der Waals surface area (Å²) in [5, 5.41) is 9.61. The van der Waals surface area contributed by atoms with Gasteiger partial charge in [0.15, 0.2) is 11.6 Å². The smallest absolute Gasteiger partial charge is 0.289 e. The lowest BCUT2D eigenvalue weighted by Gasteiger charge is -2.20. The van der Waals surface area contributed by atoms with Gasteiger partial charge in [-0.2, -0.15) is 5.11 Å². The van der Waals surface area contributed by atoms with E-state index in [4.69, 9.17) is 0 Å². The Balaban J connectivity index is 0.000000294. The highest BCUT2D eigenvalue weighted by molar-refractivity contribution is 6.30. The molecule has 6 nitrogen and oxygen atoms in total. The maximum absolute atomic E-state index is 12.9. The topological polar surface area (TPSA) is 88.0 Å². The van der Waals surface area contributed by atoms with Gasteiger partial charge in [0.05, 0.1) is 17.5 Å². The molecule has 3 aromatic carbocycles. The molecule has 0 radical (unpaired) electrons.